The van der Waals surface area contributed by atoms with Gasteiger partial charge in [0.1, 0.15) is 5.75 Å². The Labute approximate surface area is 143 Å². The molecule has 0 unspecified atom stereocenters. The molecule has 23 heavy (non-hydrogen) atoms. The van der Waals surface area contributed by atoms with Crippen molar-refractivity contribution in [2.24, 2.45) is 11.3 Å². The third kappa shape index (κ3) is 2.72. The van der Waals surface area contributed by atoms with Gasteiger partial charge in [-0.1, -0.05) is 18.9 Å². The van der Waals surface area contributed by atoms with Gasteiger partial charge in [0, 0.05) is 19.6 Å². The topological polar surface area (TPSA) is 52.6 Å². The number of benzene rings is 1. The lowest BCUT2D eigenvalue weighted by molar-refractivity contribution is -0.146. The maximum Gasteiger partial charge on any atom is 0.230 e. The van der Waals surface area contributed by atoms with E-state index >= 15 is 0 Å². The zero-order valence-corrected chi connectivity index (χ0v) is 14.2. The maximum absolute atomic E-state index is 13.3. The number of phenolic OH excluding ortho intramolecular Hbond substituents is 1. The molecule has 3 aliphatic rings. The smallest absolute Gasteiger partial charge is 0.230 e. The molecule has 2 aliphatic heterocycles. The molecule has 2 fully saturated rings. The van der Waals surface area contributed by atoms with Gasteiger partial charge in [-0.05, 0) is 55.0 Å². The predicted molar refractivity (Wildman–Crippen MR) is 91.7 cm³/mol. The van der Waals surface area contributed by atoms with Gasteiger partial charge in [0.15, 0.2) is 0 Å². The summed E-state index contributed by atoms with van der Waals surface area (Å²) in [6, 6.07) is 5.55. The van der Waals surface area contributed by atoms with Crippen LogP contribution in [-0.2, 0) is 17.8 Å². The normalized spacial score (nSPS) is 29.4. The molecular formula is C18H25ClN2O2. The predicted octanol–water partition coefficient (Wildman–Crippen LogP) is 2.48. The molecule has 1 aromatic rings. The minimum Gasteiger partial charge on any atom is -0.508 e. The van der Waals surface area contributed by atoms with E-state index in [0.717, 1.165) is 38.0 Å². The summed E-state index contributed by atoms with van der Waals surface area (Å²) in [7, 11) is 0. The zero-order valence-electron chi connectivity index (χ0n) is 13.4. The number of hydrogen-bond acceptors (Lipinski definition) is 3. The van der Waals surface area contributed by atoms with E-state index in [-0.39, 0.29) is 17.8 Å². The summed E-state index contributed by atoms with van der Waals surface area (Å²) in [5.74, 6) is 1.15. The first-order valence-corrected chi connectivity index (χ1v) is 8.50. The van der Waals surface area contributed by atoms with Crippen LogP contribution in [0.3, 0.4) is 0 Å². The van der Waals surface area contributed by atoms with E-state index in [1.165, 1.54) is 24.8 Å². The SMILES string of the molecule is Cl.O=C(N1CCc2ccc(O)cc2C1)[C@@]12CCCC[C@H]1CNC2. The molecule has 0 aromatic heterocycles. The summed E-state index contributed by atoms with van der Waals surface area (Å²) in [5, 5.41) is 13.2. The summed E-state index contributed by atoms with van der Waals surface area (Å²) >= 11 is 0. The van der Waals surface area contributed by atoms with Crippen molar-refractivity contribution in [2.75, 3.05) is 19.6 Å². The first-order valence-electron chi connectivity index (χ1n) is 8.50. The molecule has 1 saturated carbocycles. The van der Waals surface area contributed by atoms with Crippen LogP contribution in [0.25, 0.3) is 0 Å². The minimum atomic E-state index is -0.160. The van der Waals surface area contributed by atoms with E-state index in [1.807, 2.05) is 17.0 Å². The van der Waals surface area contributed by atoms with Crippen molar-refractivity contribution in [1.82, 2.24) is 10.2 Å². The lowest BCUT2D eigenvalue weighted by Gasteiger charge is -2.42. The van der Waals surface area contributed by atoms with Crippen LogP contribution in [0.4, 0.5) is 0 Å². The van der Waals surface area contributed by atoms with Crippen molar-refractivity contribution in [2.45, 2.75) is 38.6 Å². The van der Waals surface area contributed by atoms with Crippen LogP contribution < -0.4 is 5.32 Å². The van der Waals surface area contributed by atoms with Gasteiger partial charge < -0.3 is 15.3 Å². The Kier molecular flexibility index (Phi) is 4.56. The molecule has 5 heteroatoms. The number of phenols is 1. The molecule has 4 nitrogen and oxygen atoms in total. The van der Waals surface area contributed by atoms with E-state index in [9.17, 15) is 9.90 Å². The molecule has 126 valence electrons. The Hall–Kier alpha value is -1.26. The number of carbonyl (C=O) groups excluding carboxylic acids is 1. The highest BCUT2D eigenvalue weighted by Gasteiger charge is 2.51. The molecule has 2 heterocycles. The van der Waals surface area contributed by atoms with Crippen molar-refractivity contribution in [3.05, 3.63) is 29.3 Å². The molecule has 0 spiro atoms. The van der Waals surface area contributed by atoms with Gasteiger partial charge in [0.25, 0.3) is 0 Å². The van der Waals surface area contributed by atoms with Crippen molar-refractivity contribution < 1.29 is 9.90 Å². The first-order chi connectivity index (χ1) is 10.7. The van der Waals surface area contributed by atoms with Gasteiger partial charge in [0.05, 0.1) is 5.41 Å². The fraction of sp³-hybridized carbons (Fsp3) is 0.611. The number of aromatic hydroxyl groups is 1. The largest absolute Gasteiger partial charge is 0.508 e. The maximum atomic E-state index is 13.3. The third-order valence-corrected chi connectivity index (χ3v) is 5.95. The van der Waals surface area contributed by atoms with Gasteiger partial charge in [-0.3, -0.25) is 4.79 Å². The Morgan fingerprint density at radius 3 is 3.04 bits per heavy atom. The number of nitrogens with zero attached hydrogens (tertiary/aromatic N) is 1. The van der Waals surface area contributed by atoms with E-state index in [2.05, 4.69) is 5.32 Å². The lowest BCUT2D eigenvalue weighted by Crippen LogP contribution is -2.50. The highest BCUT2D eigenvalue weighted by molar-refractivity contribution is 5.85. The Morgan fingerprint density at radius 1 is 1.30 bits per heavy atom. The average Bonchev–Trinajstić information content (AvgIpc) is 2.98. The second-order valence-corrected chi connectivity index (χ2v) is 7.16. The highest BCUT2D eigenvalue weighted by Crippen LogP contribution is 2.45. The molecule has 0 radical (unpaired) electrons. The van der Waals surface area contributed by atoms with E-state index in [0.29, 0.717) is 24.1 Å². The summed E-state index contributed by atoms with van der Waals surface area (Å²) in [6.45, 7) is 3.30. The van der Waals surface area contributed by atoms with Crippen molar-refractivity contribution >= 4 is 18.3 Å². The number of hydrogen-bond donors (Lipinski definition) is 2. The summed E-state index contributed by atoms with van der Waals surface area (Å²) < 4.78 is 0. The number of fused-ring (bicyclic) bond motifs is 2. The summed E-state index contributed by atoms with van der Waals surface area (Å²) in [6.07, 6.45) is 5.56. The Bertz CT molecular complexity index is 607. The standard InChI is InChI=1S/C18H24N2O2.ClH/c21-16-5-4-13-6-8-20(11-14(13)9-16)17(22)18-7-2-1-3-15(18)10-19-12-18;/h4-5,9,15,19,21H,1-3,6-8,10-12H2;1H/t15-,18+;/m0./s1. The number of nitrogens with one attached hydrogen (secondary N) is 1. The molecule has 4 rings (SSSR count). The van der Waals surface area contributed by atoms with Gasteiger partial charge >= 0.3 is 0 Å². The highest BCUT2D eigenvalue weighted by atomic mass is 35.5. The molecule has 1 saturated heterocycles. The van der Waals surface area contributed by atoms with Crippen LogP contribution >= 0.6 is 12.4 Å². The van der Waals surface area contributed by atoms with Crippen LogP contribution in [0.15, 0.2) is 18.2 Å². The number of halogens is 1. The average molecular weight is 337 g/mol. The summed E-state index contributed by atoms with van der Waals surface area (Å²) in [5.41, 5.74) is 2.21. The zero-order chi connectivity index (χ0) is 15.2. The molecule has 0 bridgehead atoms. The fourth-order valence-electron chi connectivity index (χ4n) is 4.70. The van der Waals surface area contributed by atoms with Gasteiger partial charge in [0.2, 0.25) is 5.91 Å². The Morgan fingerprint density at radius 2 is 2.17 bits per heavy atom. The van der Waals surface area contributed by atoms with E-state index in [4.69, 9.17) is 0 Å². The number of rotatable bonds is 1. The van der Waals surface area contributed by atoms with E-state index in [1.54, 1.807) is 6.07 Å². The lowest BCUT2D eigenvalue weighted by atomic mass is 9.67. The molecular weight excluding hydrogens is 312 g/mol. The van der Waals surface area contributed by atoms with Crippen LogP contribution in [0.5, 0.6) is 5.75 Å². The van der Waals surface area contributed by atoms with Crippen molar-refractivity contribution in [1.29, 1.82) is 0 Å². The summed E-state index contributed by atoms with van der Waals surface area (Å²) in [4.78, 5) is 15.3. The molecule has 1 amide bonds. The Balaban J connectivity index is 0.00000156. The van der Waals surface area contributed by atoms with Crippen molar-refractivity contribution in [3.8, 4) is 5.75 Å². The second-order valence-electron chi connectivity index (χ2n) is 7.16. The quantitative estimate of drug-likeness (QED) is 0.828. The van der Waals surface area contributed by atoms with Crippen LogP contribution in [0, 0.1) is 11.3 Å². The molecule has 2 atom stereocenters. The monoisotopic (exact) mass is 336 g/mol. The fourth-order valence-corrected chi connectivity index (χ4v) is 4.70. The second kappa shape index (κ2) is 6.33. The van der Waals surface area contributed by atoms with Crippen LogP contribution in [0.2, 0.25) is 0 Å². The van der Waals surface area contributed by atoms with Gasteiger partial charge in [-0.2, -0.15) is 0 Å². The van der Waals surface area contributed by atoms with Gasteiger partial charge in [-0.25, -0.2) is 0 Å². The molecule has 2 N–H and O–H groups in total. The van der Waals surface area contributed by atoms with Crippen LogP contribution in [-0.4, -0.2) is 35.5 Å². The minimum absolute atomic E-state index is 0. The van der Waals surface area contributed by atoms with Crippen LogP contribution in [0.1, 0.15) is 36.8 Å². The van der Waals surface area contributed by atoms with Gasteiger partial charge in [-0.15, -0.1) is 12.4 Å². The van der Waals surface area contributed by atoms with Crippen molar-refractivity contribution in [3.63, 3.8) is 0 Å². The van der Waals surface area contributed by atoms with E-state index < -0.39 is 0 Å². The number of carbonyl (C=O) groups is 1. The number of amides is 1. The molecule has 1 aliphatic carbocycles. The molecule has 1 aromatic carbocycles. The third-order valence-electron chi connectivity index (χ3n) is 5.95. The first kappa shape index (κ1) is 16.6.